The summed E-state index contributed by atoms with van der Waals surface area (Å²) in [6, 6.07) is 2.16. The molecule has 0 unspecified atom stereocenters. The van der Waals surface area contributed by atoms with Crippen molar-refractivity contribution < 1.29 is 9.59 Å². The summed E-state index contributed by atoms with van der Waals surface area (Å²) in [5, 5.41) is 4.28. The number of carbonyl (C=O) groups is 2. The summed E-state index contributed by atoms with van der Waals surface area (Å²) >= 11 is 1.71. The van der Waals surface area contributed by atoms with Crippen molar-refractivity contribution in [3.8, 4) is 0 Å². The molecule has 1 aromatic heterocycles. The van der Waals surface area contributed by atoms with E-state index in [1.165, 1.54) is 5.56 Å². The van der Waals surface area contributed by atoms with E-state index in [0.717, 1.165) is 32.7 Å². The number of hydrogen-bond donors (Lipinski definition) is 0. The molecule has 24 heavy (non-hydrogen) atoms. The highest BCUT2D eigenvalue weighted by atomic mass is 32.1. The minimum atomic E-state index is -0.136. The van der Waals surface area contributed by atoms with E-state index in [4.69, 9.17) is 0 Å². The molecule has 0 saturated carbocycles. The molecule has 0 aromatic carbocycles. The number of likely N-dealkylation sites (tertiary alicyclic amines) is 1. The molecule has 5 nitrogen and oxygen atoms in total. The molecule has 132 valence electrons. The first-order valence-corrected chi connectivity index (χ1v) is 9.59. The predicted octanol–water partition coefficient (Wildman–Crippen LogP) is 1.90. The molecule has 6 heteroatoms. The number of carbonyl (C=O) groups excluding carboxylic acids is 2. The van der Waals surface area contributed by atoms with Gasteiger partial charge >= 0.3 is 0 Å². The highest BCUT2D eigenvalue weighted by Crippen LogP contribution is 2.35. The first-order chi connectivity index (χ1) is 11.4. The highest BCUT2D eigenvalue weighted by Gasteiger charge is 2.46. The van der Waals surface area contributed by atoms with Crippen LogP contribution in [0.1, 0.15) is 25.8 Å². The summed E-state index contributed by atoms with van der Waals surface area (Å²) in [6.45, 7) is 8.74. The molecular weight excluding hydrogens is 322 g/mol. The van der Waals surface area contributed by atoms with E-state index >= 15 is 0 Å². The maximum absolute atomic E-state index is 12.6. The van der Waals surface area contributed by atoms with Crippen LogP contribution in [-0.4, -0.2) is 66.3 Å². The molecule has 2 amide bonds. The van der Waals surface area contributed by atoms with Crippen LogP contribution in [-0.2, 0) is 16.1 Å². The number of rotatable bonds is 3. The normalized spacial score (nSPS) is 25.8. The molecule has 0 bridgehead atoms. The SMILES string of the molecule is CC(C)C(=O)N1CCN(Cc2ccsc2)C[C@]2(CC(=O)N(C)C2)C1. The Hall–Kier alpha value is -1.40. The summed E-state index contributed by atoms with van der Waals surface area (Å²) in [5.41, 5.74) is 1.18. The van der Waals surface area contributed by atoms with E-state index in [0.29, 0.717) is 13.0 Å². The molecule has 2 saturated heterocycles. The standard InChI is InChI=1S/C18H27N3O2S/c1-14(2)17(23)21-6-5-20(9-15-4-7-24-10-15)12-18(13-21)8-16(22)19(3)11-18/h4,7,10,14H,5-6,8-9,11-13H2,1-3H3/t18-/m1/s1. The Kier molecular flexibility index (Phi) is 4.97. The first kappa shape index (κ1) is 17.4. The van der Waals surface area contributed by atoms with Crippen molar-refractivity contribution in [3.05, 3.63) is 22.4 Å². The van der Waals surface area contributed by atoms with Crippen LogP contribution < -0.4 is 0 Å². The Morgan fingerprint density at radius 2 is 2.08 bits per heavy atom. The van der Waals surface area contributed by atoms with E-state index in [2.05, 4.69) is 21.7 Å². The molecule has 2 aliphatic rings. The number of amides is 2. The van der Waals surface area contributed by atoms with Gasteiger partial charge in [-0.3, -0.25) is 14.5 Å². The number of hydrogen-bond acceptors (Lipinski definition) is 4. The van der Waals surface area contributed by atoms with Gasteiger partial charge in [-0.1, -0.05) is 13.8 Å². The third-order valence-electron chi connectivity index (χ3n) is 5.09. The highest BCUT2D eigenvalue weighted by molar-refractivity contribution is 7.07. The second kappa shape index (κ2) is 6.84. The van der Waals surface area contributed by atoms with Gasteiger partial charge < -0.3 is 9.80 Å². The van der Waals surface area contributed by atoms with Gasteiger partial charge in [-0.15, -0.1) is 0 Å². The van der Waals surface area contributed by atoms with E-state index < -0.39 is 0 Å². The van der Waals surface area contributed by atoms with Gasteiger partial charge in [0.1, 0.15) is 0 Å². The third kappa shape index (κ3) is 3.64. The quantitative estimate of drug-likeness (QED) is 0.837. The maximum Gasteiger partial charge on any atom is 0.225 e. The predicted molar refractivity (Wildman–Crippen MR) is 95.7 cm³/mol. The lowest BCUT2D eigenvalue weighted by molar-refractivity contribution is -0.135. The van der Waals surface area contributed by atoms with E-state index in [1.807, 2.05) is 30.7 Å². The van der Waals surface area contributed by atoms with Crippen molar-refractivity contribution in [2.75, 3.05) is 39.8 Å². The van der Waals surface area contributed by atoms with Crippen molar-refractivity contribution in [1.82, 2.24) is 14.7 Å². The molecule has 1 atom stereocenters. The van der Waals surface area contributed by atoms with Crippen molar-refractivity contribution >= 4 is 23.2 Å². The van der Waals surface area contributed by atoms with Crippen LogP contribution in [0.5, 0.6) is 0 Å². The smallest absolute Gasteiger partial charge is 0.225 e. The molecule has 1 spiro atoms. The molecule has 3 heterocycles. The van der Waals surface area contributed by atoms with Crippen molar-refractivity contribution in [3.63, 3.8) is 0 Å². The Morgan fingerprint density at radius 1 is 1.29 bits per heavy atom. The fraction of sp³-hybridized carbons (Fsp3) is 0.667. The lowest BCUT2D eigenvalue weighted by Crippen LogP contribution is -2.45. The molecule has 0 radical (unpaired) electrons. The lowest BCUT2D eigenvalue weighted by Gasteiger charge is -2.34. The largest absolute Gasteiger partial charge is 0.345 e. The van der Waals surface area contributed by atoms with Gasteiger partial charge in [0.25, 0.3) is 0 Å². The third-order valence-corrected chi connectivity index (χ3v) is 5.82. The van der Waals surface area contributed by atoms with Crippen LogP contribution >= 0.6 is 11.3 Å². The van der Waals surface area contributed by atoms with Crippen molar-refractivity contribution in [1.29, 1.82) is 0 Å². The summed E-state index contributed by atoms with van der Waals surface area (Å²) in [4.78, 5) is 31.0. The van der Waals surface area contributed by atoms with E-state index in [9.17, 15) is 9.59 Å². The Labute approximate surface area is 148 Å². The second-order valence-corrected chi connectivity index (χ2v) is 8.46. The molecule has 0 N–H and O–H groups in total. The topological polar surface area (TPSA) is 43.9 Å². The van der Waals surface area contributed by atoms with Crippen LogP contribution in [0.4, 0.5) is 0 Å². The fourth-order valence-electron chi connectivity index (χ4n) is 3.99. The van der Waals surface area contributed by atoms with Crippen LogP contribution in [0.2, 0.25) is 0 Å². The monoisotopic (exact) mass is 349 g/mol. The van der Waals surface area contributed by atoms with Crippen LogP contribution in [0, 0.1) is 11.3 Å². The molecule has 1 aromatic rings. The van der Waals surface area contributed by atoms with Crippen LogP contribution in [0.3, 0.4) is 0 Å². The average molecular weight is 350 g/mol. The van der Waals surface area contributed by atoms with E-state index in [-0.39, 0.29) is 23.1 Å². The minimum absolute atomic E-state index is 0.000285. The minimum Gasteiger partial charge on any atom is -0.345 e. The Balaban J connectivity index is 1.81. The zero-order valence-corrected chi connectivity index (χ0v) is 15.6. The van der Waals surface area contributed by atoms with Gasteiger partial charge in [0.15, 0.2) is 0 Å². The molecule has 2 fully saturated rings. The van der Waals surface area contributed by atoms with Gasteiger partial charge in [0.05, 0.1) is 0 Å². The summed E-state index contributed by atoms with van der Waals surface area (Å²) < 4.78 is 0. The summed E-state index contributed by atoms with van der Waals surface area (Å²) in [7, 11) is 1.87. The molecule has 2 aliphatic heterocycles. The first-order valence-electron chi connectivity index (χ1n) is 8.65. The van der Waals surface area contributed by atoms with Crippen molar-refractivity contribution in [2.24, 2.45) is 11.3 Å². The summed E-state index contributed by atoms with van der Waals surface area (Å²) in [5.74, 6) is 0.401. The van der Waals surface area contributed by atoms with Crippen LogP contribution in [0.25, 0.3) is 0 Å². The number of thiophene rings is 1. The van der Waals surface area contributed by atoms with Crippen LogP contribution in [0.15, 0.2) is 16.8 Å². The van der Waals surface area contributed by atoms with Gasteiger partial charge in [-0.2, -0.15) is 11.3 Å². The number of nitrogens with zero attached hydrogens (tertiary/aromatic N) is 3. The summed E-state index contributed by atoms with van der Waals surface area (Å²) in [6.07, 6.45) is 0.547. The second-order valence-electron chi connectivity index (χ2n) is 7.68. The zero-order valence-electron chi connectivity index (χ0n) is 14.8. The Morgan fingerprint density at radius 3 is 2.67 bits per heavy atom. The molecule has 0 aliphatic carbocycles. The maximum atomic E-state index is 12.6. The fourth-order valence-corrected chi connectivity index (χ4v) is 4.65. The molecular formula is C18H27N3O2S. The van der Waals surface area contributed by atoms with E-state index in [1.54, 1.807) is 11.3 Å². The Bertz CT molecular complexity index is 601. The van der Waals surface area contributed by atoms with Crippen molar-refractivity contribution in [2.45, 2.75) is 26.8 Å². The van der Waals surface area contributed by atoms with Gasteiger partial charge in [-0.05, 0) is 22.4 Å². The van der Waals surface area contributed by atoms with Gasteiger partial charge in [0, 0.05) is 64.1 Å². The van der Waals surface area contributed by atoms with Gasteiger partial charge in [-0.25, -0.2) is 0 Å². The zero-order chi connectivity index (χ0) is 17.3. The van der Waals surface area contributed by atoms with Gasteiger partial charge in [0.2, 0.25) is 11.8 Å². The molecule has 3 rings (SSSR count). The average Bonchev–Trinajstić information content (AvgIpc) is 3.06. The lowest BCUT2D eigenvalue weighted by atomic mass is 9.85.